The molecule has 1 N–H and O–H groups in total. The van der Waals surface area contributed by atoms with Crippen molar-refractivity contribution < 1.29 is 9.47 Å². The fourth-order valence-corrected chi connectivity index (χ4v) is 2.23. The molecule has 3 heteroatoms. The molecule has 0 saturated heterocycles. The summed E-state index contributed by atoms with van der Waals surface area (Å²) in [7, 11) is 3.55. The molecule has 0 aromatic carbocycles. The summed E-state index contributed by atoms with van der Waals surface area (Å²) in [6.07, 6.45) is 5.43. The summed E-state index contributed by atoms with van der Waals surface area (Å²) in [5.41, 5.74) is 0. The van der Waals surface area contributed by atoms with Gasteiger partial charge < -0.3 is 14.8 Å². The van der Waals surface area contributed by atoms with Crippen molar-refractivity contribution in [2.24, 2.45) is 0 Å². The number of methoxy groups -OCH3 is 2. The smallest absolute Gasteiger partial charge is 0.0724 e. The van der Waals surface area contributed by atoms with Crippen molar-refractivity contribution >= 4 is 0 Å². The SMILES string of the molecule is COCC(C)NC1CCCCC1OC. The minimum absolute atomic E-state index is 0.392. The van der Waals surface area contributed by atoms with Crippen LogP contribution in [0.15, 0.2) is 0 Å². The van der Waals surface area contributed by atoms with E-state index in [0.717, 1.165) is 6.61 Å². The summed E-state index contributed by atoms with van der Waals surface area (Å²) in [5.74, 6) is 0. The normalized spacial score (nSPS) is 30.2. The Bertz CT molecular complexity index is 152. The molecule has 0 aliphatic heterocycles. The van der Waals surface area contributed by atoms with Gasteiger partial charge in [-0.25, -0.2) is 0 Å². The van der Waals surface area contributed by atoms with Crippen LogP contribution in [0.5, 0.6) is 0 Å². The molecule has 0 aromatic heterocycles. The molecule has 84 valence electrons. The molecular formula is C11H23NO2. The van der Waals surface area contributed by atoms with Gasteiger partial charge in [-0.1, -0.05) is 12.8 Å². The fourth-order valence-electron chi connectivity index (χ4n) is 2.23. The maximum atomic E-state index is 5.48. The molecule has 3 unspecified atom stereocenters. The number of hydrogen-bond donors (Lipinski definition) is 1. The molecule has 1 aliphatic carbocycles. The number of hydrogen-bond acceptors (Lipinski definition) is 3. The Hall–Kier alpha value is -0.120. The molecule has 0 spiro atoms. The van der Waals surface area contributed by atoms with Gasteiger partial charge in [-0.3, -0.25) is 0 Å². The Balaban J connectivity index is 2.32. The molecule has 1 aliphatic rings. The van der Waals surface area contributed by atoms with E-state index in [0.29, 0.717) is 18.2 Å². The summed E-state index contributed by atoms with van der Waals surface area (Å²) in [4.78, 5) is 0. The van der Waals surface area contributed by atoms with Gasteiger partial charge in [0.2, 0.25) is 0 Å². The van der Waals surface area contributed by atoms with Gasteiger partial charge in [0, 0.05) is 26.3 Å². The third kappa shape index (κ3) is 3.56. The van der Waals surface area contributed by atoms with Gasteiger partial charge in [0.05, 0.1) is 12.7 Å². The lowest BCUT2D eigenvalue weighted by Gasteiger charge is -2.33. The average molecular weight is 201 g/mol. The van der Waals surface area contributed by atoms with Gasteiger partial charge in [0.25, 0.3) is 0 Å². The predicted octanol–water partition coefficient (Wildman–Crippen LogP) is 1.57. The van der Waals surface area contributed by atoms with Crippen LogP contribution in [0.2, 0.25) is 0 Å². The highest BCUT2D eigenvalue weighted by Gasteiger charge is 2.25. The first-order valence-corrected chi connectivity index (χ1v) is 5.55. The van der Waals surface area contributed by atoms with Gasteiger partial charge in [-0.15, -0.1) is 0 Å². The van der Waals surface area contributed by atoms with E-state index in [4.69, 9.17) is 9.47 Å². The predicted molar refractivity (Wildman–Crippen MR) is 57.5 cm³/mol. The molecule has 0 heterocycles. The molecular weight excluding hydrogens is 178 g/mol. The molecule has 3 atom stereocenters. The van der Waals surface area contributed by atoms with Crippen molar-refractivity contribution in [3.63, 3.8) is 0 Å². The van der Waals surface area contributed by atoms with Gasteiger partial charge in [-0.2, -0.15) is 0 Å². The van der Waals surface area contributed by atoms with Crippen LogP contribution in [0.25, 0.3) is 0 Å². The lowest BCUT2D eigenvalue weighted by molar-refractivity contribution is 0.0336. The van der Waals surface area contributed by atoms with Crippen molar-refractivity contribution in [2.75, 3.05) is 20.8 Å². The number of rotatable bonds is 5. The monoisotopic (exact) mass is 201 g/mol. The van der Waals surface area contributed by atoms with Gasteiger partial charge >= 0.3 is 0 Å². The van der Waals surface area contributed by atoms with E-state index in [1.54, 1.807) is 7.11 Å². The Morgan fingerprint density at radius 3 is 2.64 bits per heavy atom. The number of nitrogens with one attached hydrogen (secondary N) is 1. The minimum Gasteiger partial charge on any atom is -0.383 e. The van der Waals surface area contributed by atoms with Crippen molar-refractivity contribution in [2.45, 2.75) is 50.8 Å². The van der Waals surface area contributed by atoms with Crippen LogP contribution in [0.3, 0.4) is 0 Å². The third-order valence-electron chi connectivity index (χ3n) is 2.92. The summed E-state index contributed by atoms with van der Waals surface area (Å²) in [6, 6.07) is 0.930. The second-order valence-corrected chi connectivity index (χ2v) is 4.19. The summed E-state index contributed by atoms with van der Waals surface area (Å²) in [5, 5.41) is 3.57. The van der Waals surface area contributed by atoms with Gasteiger partial charge in [0.1, 0.15) is 0 Å². The second-order valence-electron chi connectivity index (χ2n) is 4.19. The van der Waals surface area contributed by atoms with Crippen LogP contribution >= 0.6 is 0 Å². The third-order valence-corrected chi connectivity index (χ3v) is 2.92. The maximum absolute atomic E-state index is 5.48. The highest BCUT2D eigenvalue weighted by atomic mass is 16.5. The van der Waals surface area contributed by atoms with Crippen molar-refractivity contribution in [3.8, 4) is 0 Å². The van der Waals surface area contributed by atoms with E-state index in [9.17, 15) is 0 Å². The number of ether oxygens (including phenoxy) is 2. The molecule has 0 radical (unpaired) electrons. The van der Waals surface area contributed by atoms with Crippen LogP contribution in [0, 0.1) is 0 Å². The molecule has 1 saturated carbocycles. The first-order valence-electron chi connectivity index (χ1n) is 5.55. The molecule has 0 bridgehead atoms. The van der Waals surface area contributed by atoms with Crippen LogP contribution in [0.4, 0.5) is 0 Å². The second kappa shape index (κ2) is 6.38. The molecule has 0 aromatic rings. The molecule has 1 rings (SSSR count). The highest BCUT2D eigenvalue weighted by molar-refractivity contribution is 4.83. The zero-order valence-electron chi connectivity index (χ0n) is 9.58. The summed E-state index contributed by atoms with van der Waals surface area (Å²) >= 11 is 0. The van der Waals surface area contributed by atoms with Crippen LogP contribution in [-0.2, 0) is 9.47 Å². The highest BCUT2D eigenvalue weighted by Crippen LogP contribution is 2.21. The molecule has 14 heavy (non-hydrogen) atoms. The van der Waals surface area contributed by atoms with Gasteiger partial charge in [-0.05, 0) is 19.8 Å². The van der Waals surface area contributed by atoms with Gasteiger partial charge in [0.15, 0.2) is 0 Å². The lowest BCUT2D eigenvalue weighted by atomic mass is 9.92. The quantitative estimate of drug-likeness (QED) is 0.732. The fraction of sp³-hybridized carbons (Fsp3) is 1.00. The van der Waals surface area contributed by atoms with Crippen molar-refractivity contribution in [1.29, 1.82) is 0 Å². The van der Waals surface area contributed by atoms with Crippen LogP contribution in [-0.4, -0.2) is 39.0 Å². The van der Waals surface area contributed by atoms with E-state index in [-0.39, 0.29) is 0 Å². The minimum atomic E-state index is 0.392. The molecule has 0 amide bonds. The maximum Gasteiger partial charge on any atom is 0.0724 e. The zero-order chi connectivity index (χ0) is 10.4. The Morgan fingerprint density at radius 1 is 1.29 bits per heavy atom. The van der Waals surface area contributed by atoms with E-state index in [1.165, 1.54) is 25.7 Å². The van der Waals surface area contributed by atoms with E-state index in [1.807, 2.05) is 7.11 Å². The van der Waals surface area contributed by atoms with Crippen molar-refractivity contribution in [1.82, 2.24) is 5.32 Å². The summed E-state index contributed by atoms with van der Waals surface area (Å²) in [6.45, 7) is 2.93. The van der Waals surface area contributed by atoms with E-state index in [2.05, 4.69) is 12.2 Å². The lowest BCUT2D eigenvalue weighted by Crippen LogP contribution is -2.48. The zero-order valence-corrected chi connectivity index (χ0v) is 9.58. The Morgan fingerprint density at radius 2 is 2.00 bits per heavy atom. The van der Waals surface area contributed by atoms with Crippen molar-refractivity contribution in [3.05, 3.63) is 0 Å². The van der Waals surface area contributed by atoms with E-state index >= 15 is 0 Å². The Labute approximate surface area is 87.2 Å². The first-order chi connectivity index (χ1) is 6.77. The topological polar surface area (TPSA) is 30.5 Å². The van der Waals surface area contributed by atoms with Crippen LogP contribution < -0.4 is 5.32 Å². The van der Waals surface area contributed by atoms with Crippen LogP contribution in [0.1, 0.15) is 32.6 Å². The first kappa shape index (κ1) is 12.0. The molecule has 3 nitrogen and oxygen atoms in total. The molecule has 1 fully saturated rings. The average Bonchev–Trinajstić information content (AvgIpc) is 2.19. The Kier molecular flexibility index (Phi) is 5.45. The standard InChI is InChI=1S/C11H23NO2/c1-9(8-13-2)12-10-6-4-5-7-11(10)14-3/h9-12H,4-8H2,1-3H3. The largest absolute Gasteiger partial charge is 0.383 e. The summed E-state index contributed by atoms with van der Waals surface area (Å²) < 4.78 is 10.6. The van der Waals surface area contributed by atoms with E-state index < -0.39 is 0 Å².